The number of thiazole rings is 1. The van der Waals surface area contributed by atoms with E-state index in [1.165, 1.54) is 17.4 Å². The summed E-state index contributed by atoms with van der Waals surface area (Å²) in [5, 5.41) is 0. The predicted octanol–water partition coefficient (Wildman–Crippen LogP) is 2.98. The summed E-state index contributed by atoms with van der Waals surface area (Å²) < 4.78 is 18.1. The SMILES string of the molecule is C=CCOC(=O)C1=C(C)N=c2s/c(=C\c3ccccc3OC)c(=O)n2[C@@H]1c1ccc(OC)cc1. The number of fused-ring (bicyclic) bond motifs is 1. The maximum absolute atomic E-state index is 13.6. The van der Waals surface area contributed by atoms with Gasteiger partial charge in [-0.2, -0.15) is 0 Å². The number of carbonyl (C=O) groups excluding carboxylic acids is 1. The Balaban J connectivity index is 1.93. The second-order valence-electron chi connectivity index (χ2n) is 7.48. The molecule has 1 atom stereocenters. The number of methoxy groups -OCH3 is 2. The van der Waals surface area contributed by atoms with E-state index in [1.807, 2.05) is 36.4 Å². The number of allylic oxidation sites excluding steroid dienone is 1. The van der Waals surface area contributed by atoms with E-state index in [0.29, 0.717) is 32.1 Å². The minimum atomic E-state index is -0.695. The van der Waals surface area contributed by atoms with E-state index < -0.39 is 12.0 Å². The molecule has 1 aliphatic rings. The van der Waals surface area contributed by atoms with E-state index in [4.69, 9.17) is 14.2 Å². The van der Waals surface area contributed by atoms with Gasteiger partial charge in [0.2, 0.25) is 0 Å². The van der Waals surface area contributed by atoms with E-state index in [2.05, 4.69) is 11.6 Å². The van der Waals surface area contributed by atoms with Crippen molar-refractivity contribution in [3.05, 3.63) is 103 Å². The van der Waals surface area contributed by atoms with Gasteiger partial charge in [-0.1, -0.05) is 54.3 Å². The Morgan fingerprint density at radius 3 is 2.56 bits per heavy atom. The van der Waals surface area contributed by atoms with Crippen LogP contribution in [0.25, 0.3) is 6.08 Å². The molecule has 0 saturated heterocycles. The van der Waals surface area contributed by atoms with Crippen LogP contribution >= 0.6 is 11.3 Å². The molecule has 0 bridgehead atoms. The van der Waals surface area contributed by atoms with Gasteiger partial charge in [0.25, 0.3) is 5.56 Å². The van der Waals surface area contributed by atoms with Gasteiger partial charge in [0.15, 0.2) is 4.80 Å². The van der Waals surface area contributed by atoms with E-state index in [1.54, 1.807) is 43.9 Å². The zero-order chi connectivity index (χ0) is 24.2. The van der Waals surface area contributed by atoms with Crippen molar-refractivity contribution in [1.82, 2.24) is 4.57 Å². The highest BCUT2D eigenvalue weighted by atomic mass is 32.1. The largest absolute Gasteiger partial charge is 0.497 e. The van der Waals surface area contributed by atoms with Gasteiger partial charge in [0.1, 0.15) is 18.1 Å². The molecule has 1 aliphatic heterocycles. The van der Waals surface area contributed by atoms with Gasteiger partial charge in [-0.25, -0.2) is 9.79 Å². The van der Waals surface area contributed by atoms with Gasteiger partial charge in [-0.3, -0.25) is 9.36 Å². The Bertz CT molecular complexity index is 1450. The number of rotatable bonds is 7. The lowest BCUT2D eigenvalue weighted by atomic mass is 9.96. The van der Waals surface area contributed by atoms with Crippen molar-refractivity contribution in [2.45, 2.75) is 13.0 Å². The molecule has 8 heteroatoms. The first-order valence-corrected chi connectivity index (χ1v) is 11.4. The molecule has 0 fully saturated rings. The molecule has 0 saturated carbocycles. The minimum absolute atomic E-state index is 0.0587. The Kier molecular flexibility index (Phi) is 6.79. The van der Waals surface area contributed by atoms with Gasteiger partial charge < -0.3 is 14.2 Å². The Morgan fingerprint density at radius 1 is 1.15 bits per heavy atom. The van der Waals surface area contributed by atoms with Crippen molar-refractivity contribution >= 4 is 23.4 Å². The first kappa shape index (κ1) is 23.3. The molecule has 1 aromatic heterocycles. The molecule has 4 rings (SSSR count). The molecule has 0 amide bonds. The highest BCUT2D eigenvalue weighted by molar-refractivity contribution is 7.07. The van der Waals surface area contributed by atoms with Gasteiger partial charge >= 0.3 is 5.97 Å². The third-order valence-corrected chi connectivity index (χ3v) is 6.41. The zero-order valence-corrected chi connectivity index (χ0v) is 19.9. The highest BCUT2D eigenvalue weighted by Gasteiger charge is 2.33. The highest BCUT2D eigenvalue weighted by Crippen LogP contribution is 2.31. The second-order valence-corrected chi connectivity index (χ2v) is 8.49. The molecule has 2 aromatic carbocycles. The average molecular weight is 477 g/mol. The number of benzene rings is 2. The number of para-hydroxylation sites is 1. The monoisotopic (exact) mass is 476 g/mol. The van der Waals surface area contributed by atoms with Crippen LogP contribution in [0.15, 0.2) is 82.2 Å². The molecule has 34 heavy (non-hydrogen) atoms. The lowest BCUT2D eigenvalue weighted by molar-refractivity contribution is -0.138. The summed E-state index contributed by atoms with van der Waals surface area (Å²) >= 11 is 1.26. The van der Waals surface area contributed by atoms with Crippen LogP contribution in [-0.4, -0.2) is 31.4 Å². The average Bonchev–Trinajstić information content (AvgIpc) is 3.16. The fourth-order valence-corrected chi connectivity index (χ4v) is 4.86. The first-order valence-electron chi connectivity index (χ1n) is 10.6. The van der Waals surface area contributed by atoms with Crippen molar-refractivity contribution in [3.63, 3.8) is 0 Å². The van der Waals surface area contributed by atoms with Crippen molar-refractivity contribution in [1.29, 1.82) is 0 Å². The van der Waals surface area contributed by atoms with Crippen LogP contribution in [0.4, 0.5) is 0 Å². The number of nitrogens with zero attached hydrogens (tertiary/aromatic N) is 2. The molecule has 0 aliphatic carbocycles. The molecule has 0 unspecified atom stereocenters. The van der Waals surface area contributed by atoms with Crippen molar-refractivity contribution < 1.29 is 19.0 Å². The maximum atomic E-state index is 13.6. The second kappa shape index (κ2) is 9.93. The van der Waals surface area contributed by atoms with Gasteiger partial charge in [0.05, 0.1) is 36.1 Å². The normalized spacial score (nSPS) is 15.4. The fraction of sp³-hybridized carbons (Fsp3) is 0.192. The van der Waals surface area contributed by atoms with Gasteiger partial charge in [0, 0.05) is 5.56 Å². The van der Waals surface area contributed by atoms with E-state index in [-0.39, 0.29) is 12.2 Å². The number of hydrogen-bond donors (Lipinski definition) is 0. The van der Waals surface area contributed by atoms with Crippen LogP contribution in [0.1, 0.15) is 24.1 Å². The molecular formula is C26H24N2O5S. The molecular weight excluding hydrogens is 452 g/mol. The summed E-state index contributed by atoms with van der Waals surface area (Å²) in [5.74, 6) is 0.787. The van der Waals surface area contributed by atoms with Crippen LogP contribution in [-0.2, 0) is 9.53 Å². The number of hydrogen-bond acceptors (Lipinski definition) is 7. The fourth-order valence-electron chi connectivity index (χ4n) is 3.82. The van der Waals surface area contributed by atoms with Crippen LogP contribution in [0.2, 0.25) is 0 Å². The van der Waals surface area contributed by atoms with Gasteiger partial charge in [-0.15, -0.1) is 0 Å². The molecule has 0 radical (unpaired) electrons. The van der Waals surface area contributed by atoms with Crippen molar-refractivity contribution in [3.8, 4) is 11.5 Å². The summed E-state index contributed by atoms with van der Waals surface area (Å²) in [6.07, 6.45) is 3.28. The van der Waals surface area contributed by atoms with Crippen LogP contribution in [0, 0.1) is 0 Å². The minimum Gasteiger partial charge on any atom is -0.497 e. The molecule has 2 heterocycles. The summed E-state index contributed by atoms with van der Waals surface area (Å²) in [7, 11) is 3.17. The first-order chi connectivity index (χ1) is 16.5. The zero-order valence-electron chi connectivity index (χ0n) is 19.1. The molecule has 3 aromatic rings. The van der Waals surface area contributed by atoms with Crippen LogP contribution < -0.4 is 24.4 Å². The Labute approximate surface area is 200 Å². The standard InChI is InChI=1S/C26H24N2O5S/c1-5-14-33-25(30)22-16(2)27-26-28(23(22)17-10-12-19(31-3)13-11-17)24(29)21(34-26)15-18-8-6-7-9-20(18)32-4/h5-13,15,23H,1,14H2,2-4H3/b21-15-/t23-/m1/s1. The summed E-state index contributed by atoms with van der Waals surface area (Å²) in [6.45, 7) is 5.41. The molecule has 174 valence electrons. The maximum Gasteiger partial charge on any atom is 0.338 e. The lowest BCUT2D eigenvalue weighted by Crippen LogP contribution is -2.39. The quantitative estimate of drug-likeness (QED) is 0.387. The van der Waals surface area contributed by atoms with Crippen molar-refractivity contribution in [2.75, 3.05) is 20.8 Å². The van der Waals surface area contributed by atoms with E-state index >= 15 is 0 Å². The lowest BCUT2D eigenvalue weighted by Gasteiger charge is -2.24. The molecule has 7 nitrogen and oxygen atoms in total. The molecule has 0 N–H and O–H groups in total. The Hall–Kier alpha value is -3.91. The van der Waals surface area contributed by atoms with E-state index in [0.717, 1.165) is 11.1 Å². The number of carbonyl (C=O) groups is 1. The number of aromatic nitrogens is 1. The van der Waals surface area contributed by atoms with E-state index in [9.17, 15) is 9.59 Å². The van der Waals surface area contributed by atoms with Gasteiger partial charge in [-0.05, 0) is 36.8 Å². The van der Waals surface area contributed by atoms with Crippen LogP contribution in [0.3, 0.4) is 0 Å². The predicted molar refractivity (Wildman–Crippen MR) is 131 cm³/mol. The topological polar surface area (TPSA) is 79.1 Å². The summed E-state index contributed by atoms with van der Waals surface area (Å²) in [6, 6.07) is 14.0. The van der Waals surface area contributed by atoms with Crippen molar-refractivity contribution in [2.24, 2.45) is 4.99 Å². The van der Waals surface area contributed by atoms with Crippen LogP contribution in [0.5, 0.6) is 11.5 Å². The Morgan fingerprint density at radius 2 is 1.88 bits per heavy atom. The third kappa shape index (κ3) is 4.32. The molecule has 0 spiro atoms. The summed E-state index contributed by atoms with van der Waals surface area (Å²) in [4.78, 5) is 31.8. The number of esters is 1. The third-order valence-electron chi connectivity index (χ3n) is 5.43. The summed E-state index contributed by atoms with van der Waals surface area (Å²) in [5.41, 5.74) is 2.07. The smallest absolute Gasteiger partial charge is 0.338 e. The number of ether oxygens (including phenoxy) is 3.